The van der Waals surface area contributed by atoms with Gasteiger partial charge in [-0.3, -0.25) is 9.98 Å². The third-order valence-electron chi connectivity index (χ3n) is 10.2. The van der Waals surface area contributed by atoms with E-state index in [2.05, 4.69) is 158 Å². The van der Waals surface area contributed by atoms with Crippen molar-refractivity contribution in [2.24, 2.45) is 16.8 Å². The maximum absolute atomic E-state index is 5.26. The smallest absolute Gasteiger partial charge is 0.0780 e. The summed E-state index contributed by atoms with van der Waals surface area (Å²) in [6.45, 7) is 0. The molecular formula is C48H42N2. The average Bonchev–Trinajstić information content (AvgIpc) is 3.19. The minimum absolute atomic E-state index is 0.275. The lowest BCUT2D eigenvalue weighted by Gasteiger charge is -2.21. The molecular weight excluding hydrogens is 605 g/mol. The fraction of sp³-hybridized carbons (Fsp3) is 0.167. The van der Waals surface area contributed by atoms with Gasteiger partial charge < -0.3 is 0 Å². The zero-order chi connectivity index (χ0) is 33.5. The standard InChI is InChI=1S/C48H42N2/c1-4-12-35(13-5-1)36-25-29-40(30-26-36)45-19-11-33-49-48(45)43-31-27-38(28-32-43)37-21-23-39(24-22-37)44-18-10-20-46(41-14-6-2-7-15-41)50-47(34-44)42-16-8-3-9-17-42/h1-4,6-9,11-12,14-16,19-25,27-34,36,42H,5,10,13,17-18,26H2/b44-34+,46-20-,50-47-. The first-order valence-electron chi connectivity index (χ1n) is 18.1. The number of hydrogen-bond acceptors (Lipinski definition) is 2. The number of hydrogen-bond donors (Lipinski definition) is 0. The molecule has 3 aliphatic carbocycles. The Kier molecular flexibility index (Phi) is 9.42. The van der Waals surface area contributed by atoms with Gasteiger partial charge in [0, 0.05) is 34.9 Å². The van der Waals surface area contributed by atoms with Crippen molar-refractivity contribution in [3.05, 3.63) is 192 Å². The number of nitrogens with zero attached hydrogens (tertiary/aromatic N) is 2. The van der Waals surface area contributed by atoms with E-state index < -0.39 is 0 Å². The molecule has 50 heavy (non-hydrogen) atoms. The predicted octanol–water partition coefficient (Wildman–Crippen LogP) is 12.4. The monoisotopic (exact) mass is 646 g/mol. The topological polar surface area (TPSA) is 25.2 Å². The zero-order valence-corrected chi connectivity index (χ0v) is 28.5. The molecule has 4 aromatic rings. The molecule has 0 saturated heterocycles. The second-order valence-corrected chi connectivity index (χ2v) is 13.5. The molecule has 2 heterocycles. The largest absolute Gasteiger partial charge is 0.256 e. The third-order valence-corrected chi connectivity index (χ3v) is 10.2. The van der Waals surface area contributed by atoms with Crippen LogP contribution in [-0.2, 0) is 0 Å². The summed E-state index contributed by atoms with van der Waals surface area (Å²) in [5.74, 6) is 0.778. The Morgan fingerprint density at radius 1 is 0.580 bits per heavy atom. The van der Waals surface area contributed by atoms with E-state index in [0.717, 1.165) is 54.8 Å². The molecule has 1 aliphatic heterocycles. The SMILES string of the molecule is C1=CCCC(C2C=CC(c3cccnc3-c3ccc(-c4ccc(/C5=C/C(C6C=CC=CC6)=N/C(c6ccccc6)=C\CC5)cc4)cc3)=CC2)=C1. The van der Waals surface area contributed by atoms with E-state index in [-0.39, 0.29) is 5.92 Å². The van der Waals surface area contributed by atoms with Crippen LogP contribution in [-0.4, -0.2) is 10.7 Å². The fourth-order valence-electron chi connectivity index (χ4n) is 7.43. The minimum atomic E-state index is 0.275. The van der Waals surface area contributed by atoms with E-state index in [4.69, 9.17) is 9.98 Å². The van der Waals surface area contributed by atoms with Gasteiger partial charge in [-0.1, -0.05) is 157 Å². The lowest BCUT2D eigenvalue weighted by Crippen LogP contribution is -2.12. The maximum atomic E-state index is 5.26. The fourth-order valence-corrected chi connectivity index (χ4v) is 7.43. The van der Waals surface area contributed by atoms with Crippen molar-refractivity contribution in [2.45, 2.75) is 38.5 Å². The molecule has 0 spiro atoms. The molecule has 0 N–H and O–H groups in total. The highest BCUT2D eigenvalue weighted by atomic mass is 14.8. The molecule has 8 rings (SSSR count). The summed E-state index contributed by atoms with van der Waals surface area (Å²) in [6.07, 6.45) is 35.5. The van der Waals surface area contributed by atoms with Crippen LogP contribution in [0.2, 0.25) is 0 Å². The van der Waals surface area contributed by atoms with Gasteiger partial charge in [0.2, 0.25) is 0 Å². The highest BCUT2D eigenvalue weighted by molar-refractivity contribution is 6.06. The molecule has 4 aliphatic rings. The Bertz CT molecular complexity index is 2130. The molecule has 0 amide bonds. The van der Waals surface area contributed by atoms with Crippen LogP contribution in [0.25, 0.3) is 39.2 Å². The summed E-state index contributed by atoms with van der Waals surface area (Å²) in [5, 5.41) is 0. The Balaban J connectivity index is 1.01. The van der Waals surface area contributed by atoms with E-state index >= 15 is 0 Å². The van der Waals surface area contributed by atoms with Gasteiger partial charge in [-0.05, 0) is 84.1 Å². The first kappa shape index (κ1) is 31.7. The molecule has 244 valence electrons. The van der Waals surface area contributed by atoms with Gasteiger partial charge in [-0.15, -0.1) is 0 Å². The molecule has 1 aromatic heterocycles. The van der Waals surface area contributed by atoms with Gasteiger partial charge in [-0.25, -0.2) is 0 Å². The van der Waals surface area contributed by atoms with E-state index in [0.29, 0.717) is 5.92 Å². The Labute approximate surface area is 296 Å². The van der Waals surface area contributed by atoms with Crippen molar-refractivity contribution in [3.63, 3.8) is 0 Å². The van der Waals surface area contributed by atoms with Gasteiger partial charge in [0.15, 0.2) is 0 Å². The lowest BCUT2D eigenvalue weighted by atomic mass is 9.84. The first-order chi connectivity index (χ1) is 24.8. The van der Waals surface area contributed by atoms with Crippen LogP contribution in [0.4, 0.5) is 0 Å². The van der Waals surface area contributed by atoms with Crippen molar-refractivity contribution in [1.82, 2.24) is 4.98 Å². The molecule has 2 atom stereocenters. The van der Waals surface area contributed by atoms with Crippen LogP contribution in [0.15, 0.2) is 181 Å². The first-order valence-corrected chi connectivity index (χ1v) is 18.1. The summed E-state index contributed by atoms with van der Waals surface area (Å²) >= 11 is 0. The number of benzene rings is 3. The summed E-state index contributed by atoms with van der Waals surface area (Å²) in [6, 6.07) is 32.8. The van der Waals surface area contributed by atoms with Crippen LogP contribution in [0.3, 0.4) is 0 Å². The summed E-state index contributed by atoms with van der Waals surface area (Å²) in [7, 11) is 0. The Morgan fingerprint density at radius 3 is 2.10 bits per heavy atom. The summed E-state index contributed by atoms with van der Waals surface area (Å²) in [5.41, 5.74) is 14.5. The molecule has 0 fully saturated rings. The molecule has 2 nitrogen and oxygen atoms in total. The van der Waals surface area contributed by atoms with Gasteiger partial charge in [0.25, 0.3) is 0 Å². The number of allylic oxidation sites excluding steroid dienone is 15. The van der Waals surface area contributed by atoms with E-state index in [1.807, 2.05) is 12.3 Å². The Morgan fingerprint density at radius 2 is 1.38 bits per heavy atom. The van der Waals surface area contributed by atoms with Gasteiger partial charge in [0.05, 0.1) is 11.4 Å². The summed E-state index contributed by atoms with van der Waals surface area (Å²) in [4.78, 5) is 10.1. The minimum Gasteiger partial charge on any atom is -0.256 e. The van der Waals surface area contributed by atoms with Crippen LogP contribution < -0.4 is 0 Å². The maximum Gasteiger partial charge on any atom is 0.0780 e. The van der Waals surface area contributed by atoms with Crippen LogP contribution in [0.5, 0.6) is 0 Å². The molecule has 2 unspecified atom stereocenters. The van der Waals surface area contributed by atoms with Crippen molar-refractivity contribution in [1.29, 1.82) is 0 Å². The van der Waals surface area contributed by atoms with Crippen molar-refractivity contribution >= 4 is 22.6 Å². The second kappa shape index (κ2) is 14.9. The third kappa shape index (κ3) is 7.07. The normalized spacial score (nSPS) is 23.3. The van der Waals surface area contributed by atoms with Crippen LogP contribution in [0, 0.1) is 11.8 Å². The van der Waals surface area contributed by atoms with Crippen LogP contribution >= 0.6 is 0 Å². The molecule has 0 bridgehead atoms. The van der Waals surface area contributed by atoms with Crippen molar-refractivity contribution in [2.75, 3.05) is 0 Å². The lowest BCUT2D eigenvalue weighted by molar-refractivity contribution is 0.713. The van der Waals surface area contributed by atoms with Crippen molar-refractivity contribution < 1.29 is 0 Å². The predicted molar refractivity (Wildman–Crippen MR) is 212 cm³/mol. The van der Waals surface area contributed by atoms with Gasteiger partial charge in [0.1, 0.15) is 0 Å². The molecule has 2 heteroatoms. The number of aliphatic imine (C=N–C) groups is 1. The quantitative estimate of drug-likeness (QED) is 0.196. The van der Waals surface area contributed by atoms with E-state index in [1.54, 1.807) is 5.57 Å². The Hall–Kier alpha value is -5.60. The van der Waals surface area contributed by atoms with Gasteiger partial charge >= 0.3 is 0 Å². The second-order valence-electron chi connectivity index (χ2n) is 13.5. The number of rotatable bonds is 7. The zero-order valence-electron chi connectivity index (χ0n) is 28.5. The van der Waals surface area contributed by atoms with Crippen molar-refractivity contribution in [3.8, 4) is 22.4 Å². The summed E-state index contributed by atoms with van der Waals surface area (Å²) < 4.78 is 0. The molecule has 3 aromatic carbocycles. The molecule has 0 saturated carbocycles. The highest BCUT2D eigenvalue weighted by Gasteiger charge is 2.19. The molecule has 0 radical (unpaired) electrons. The van der Waals surface area contributed by atoms with E-state index in [1.165, 1.54) is 45.4 Å². The van der Waals surface area contributed by atoms with Crippen LogP contribution in [0.1, 0.15) is 55.2 Å². The van der Waals surface area contributed by atoms with Gasteiger partial charge in [-0.2, -0.15) is 0 Å². The number of aromatic nitrogens is 1. The number of pyridine rings is 1. The highest BCUT2D eigenvalue weighted by Crippen LogP contribution is 2.36. The average molecular weight is 647 g/mol. The van der Waals surface area contributed by atoms with E-state index in [9.17, 15) is 0 Å².